The monoisotopic (exact) mass is 280 g/mol. The van der Waals surface area contributed by atoms with Crippen molar-refractivity contribution in [2.24, 2.45) is 11.3 Å². The molecule has 2 atom stereocenters. The Morgan fingerprint density at radius 3 is 2.76 bits per heavy atom. The lowest BCUT2D eigenvalue weighted by molar-refractivity contribution is 0.0894. The van der Waals surface area contributed by atoms with E-state index >= 15 is 0 Å². The van der Waals surface area contributed by atoms with Crippen LogP contribution in [0.4, 0.5) is 0 Å². The predicted octanol–water partition coefficient (Wildman–Crippen LogP) is 3.37. The SMILES string of the molecule is Cc1nn(C(=O)Cc2ccccc2)c2c1[C@H]1[C@H](C2)C1(C)C. The number of nitrogens with zero attached hydrogens (tertiary/aromatic N) is 2. The average molecular weight is 280 g/mol. The summed E-state index contributed by atoms with van der Waals surface area (Å²) in [6.07, 6.45) is 1.43. The molecule has 1 heterocycles. The molecule has 1 saturated carbocycles. The van der Waals surface area contributed by atoms with E-state index in [1.54, 1.807) is 4.68 Å². The summed E-state index contributed by atoms with van der Waals surface area (Å²) in [5.41, 5.74) is 5.01. The Morgan fingerprint density at radius 2 is 2.05 bits per heavy atom. The summed E-state index contributed by atoms with van der Waals surface area (Å²) in [7, 11) is 0. The number of aryl methyl sites for hydroxylation is 1. The number of benzene rings is 1. The molecule has 3 heteroatoms. The van der Waals surface area contributed by atoms with Crippen molar-refractivity contribution in [2.75, 3.05) is 0 Å². The van der Waals surface area contributed by atoms with Crippen molar-refractivity contribution in [3.63, 3.8) is 0 Å². The lowest BCUT2D eigenvalue weighted by Gasteiger charge is -2.10. The van der Waals surface area contributed by atoms with Gasteiger partial charge in [0.1, 0.15) is 0 Å². The highest BCUT2D eigenvalue weighted by Gasteiger charge is 2.64. The van der Waals surface area contributed by atoms with Crippen LogP contribution in [0.5, 0.6) is 0 Å². The second-order valence-electron chi connectivity index (χ2n) is 7.02. The number of fused-ring (bicyclic) bond motifs is 3. The number of aromatic nitrogens is 2. The summed E-state index contributed by atoms with van der Waals surface area (Å²) in [6, 6.07) is 9.90. The van der Waals surface area contributed by atoms with Crippen molar-refractivity contribution >= 4 is 5.91 Å². The van der Waals surface area contributed by atoms with Gasteiger partial charge >= 0.3 is 0 Å². The molecule has 1 aromatic heterocycles. The van der Waals surface area contributed by atoms with Crippen LogP contribution in [0, 0.1) is 18.3 Å². The molecule has 2 aromatic rings. The van der Waals surface area contributed by atoms with Gasteiger partial charge in [-0.2, -0.15) is 5.10 Å². The largest absolute Gasteiger partial charge is 0.272 e. The molecule has 0 N–H and O–H groups in total. The summed E-state index contributed by atoms with van der Waals surface area (Å²) >= 11 is 0. The Morgan fingerprint density at radius 1 is 1.33 bits per heavy atom. The summed E-state index contributed by atoms with van der Waals surface area (Å²) in [6.45, 7) is 6.70. The molecule has 21 heavy (non-hydrogen) atoms. The highest BCUT2D eigenvalue weighted by atomic mass is 16.2. The molecule has 0 radical (unpaired) electrons. The van der Waals surface area contributed by atoms with Crippen LogP contribution < -0.4 is 0 Å². The van der Waals surface area contributed by atoms with Gasteiger partial charge in [0.15, 0.2) is 0 Å². The first kappa shape index (κ1) is 12.8. The lowest BCUT2D eigenvalue weighted by Crippen LogP contribution is -2.18. The maximum Gasteiger partial charge on any atom is 0.251 e. The van der Waals surface area contributed by atoms with E-state index in [0.29, 0.717) is 23.7 Å². The van der Waals surface area contributed by atoms with Gasteiger partial charge < -0.3 is 0 Å². The standard InChI is InChI=1S/C18H20N2O/c1-11-16-14(10-13-17(16)18(13,2)3)20(19-11)15(21)9-12-7-5-4-6-8-12/h4-8,13,17H,9-10H2,1-3H3/t13-,17+/m0/s1. The van der Waals surface area contributed by atoms with E-state index in [-0.39, 0.29) is 5.91 Å². The highest BCUT2D eigenvalue weighted by Crippen LogP contribution is 2.70. The Kier molecular flexibility index (Phi) is 2.48. The van der Waals surface area contributed by atoms with E-state index in [1.165, 1.54) is 11.3 Å². The first-order chi connectivity index (χ1) is 10.00. The molecule has 108 valence electrons. The van der Waals surface area contributed by atoms with Gasteiger partial charge in [0, 0.05) is 5.56 Å². The van der Waals surface area contributed by atoms with Gasteiger partial charge in [0.2, 0.25) is 0 Å². The van der Waals surface area contributed by atoms with Crippen LogP contribution in [0.15, 0.2) is 30.3 Å². The molecule has 0 bridgehead atoms. The topological polar surface area (TPSA) is 34.9 Å². The molecular formula is C18H20N2O. The fourth-order valence-corrected chi connectivity index (χ4v) is 4.15. The zero-order chi connectivity index (χ0) is 14.8. The second-order valence-corrected chi connectivity index (χ2v) is 7.02. The Hall–Kier alpha value is -1.90. The van der Waals surface area contributed by atoms with Crippen LogP contribution in [0.2, 0.25) is 0 Å². The van der Waals surface area contributed by atoms with E-state index < -0.39 is 0 Å². The van der Waals surface area contributed by atoms with Crippen molar-refractivity contribution in [1.82, 2.24) is 9.78 Å². The Bertz CT molecular complexity index is 727. The molecule has 0 amide bonds. The number of rotatable bonds is 2. The zero-order valence-corrected chi connectivity index (χ0v) is 12.8. The van der Waals surface area contributed by atoms with Gasteiger partial charge in [-0.1, -0.05) is 44.2 Å². The molecular weight excluding hydrogens is 260 g/mol. The van der Waals surface area contributed by atoms with Gasteiger partial charge in [-0.15, -0.1) is 0 Å². The minimum atomic E-state index is 0.0876. The Balaban J connectivity index is 1.65. The van der Waals surface area contributed by atoms with Gasteiger partial charge in [-0.3, -0.25) is 4.79 Å². The third-order valence-electron chi connectivity index (χ3n) is 5.42. The van der Waals surface area contributed by atoms with Crippen molar-refractivity contribution in [3.8, 4) is 0 Å². The molecule has 0 saturated heterocycles. The second kappa shape index (κ2) is 4.06. The van der Waals surface area contributed by atoms with Gasteiger partial charge in [-0.25, -0.2) is 4.68 Å². The fourth-order valence-electron chi connectivity index (χ4n) is 4.15. The number of hydrogen-bond donors (Lipinski definition) is 0. The van der Waals surface area contributed by atoms with E-state index in [2.05, 4.69) is 18.9 Å². The summed E-state index contributed by atoms with van der Waals surface area (Å²) < 4.78 is 1.68. The maximum absolute atomic E-state index is 12.6. The average Bonchev–Trinajstić information content (AvgIpc) is 2.83. The molecule has 0 spiro atoms. The van der Waals surface area contributed by atoms with Gasteiger partial charge in [0.05, 0.1) is 17.8 Å². The predicted molar refractivity (Wildman–Crippen MR) is 81.5 cm³/mol. The molecule has 0 aliphatic heterocycles. The first-order valence-electron chi connectivity index (χ1n) is 7.65. The summed E-state index contributed by atoms with van der Waals surface area (Å²) in [5, 5.41) is 4.54. The van der Waals surface area contributed by atoms with Crippen LogP contribution in [-0.4, -0.2) is 15.7 Å². The molecule has 3 nitrogen and oxygen atoms in total. The number of carbonyl (C=O) groups excluding carboxylic acids is 1. The third kappa shape index (κ3) is 1.73. The normalized spacial score (nSPS) is 24.5. The van der Waals surface area contributed by atoms with Crippen molar-refractivity contribution in [2.45, 2.75) is 39.5 Å². The summed E-state index contributed by atoms with van der Waals surface area (Å²) in [5.74, 6) is 1.41. The molecule has 2 aliphatic carbocycles. The van der Waals surface area contributed by atoms with E-state index in [4.69, 9.17) is 0 Å². The first-order valence-corrected chi connectivity index (χ1v) is 7.65. The molecule has 1 fully saturated rings. The number of hydrogen-bond acceptors (Lipinski definition) is 2. The van der Waals surface area contributed by atoms with Crippen LogP contribution in [0.25, 0.3) is 0 Å². The van der Waals surface area contributed by atoms with Gasteiger partial charge in [-0.05, 0) is 36.2 Å². The smallest absolute Gasteiger partial charge is 0.251 e. The molecule has 1 aromatic carbocycles. The minimum Gasteiger partial charge on any atom is -0.272 e. The van der Waals surface area contributed by atoms with Crippen LogP contribution in [0.1, 0.15) is 47.1 Å². The lowest BCUT2D eigenvalue weighted by atomic mass is 9.98. The van der Waals surface area contributed by atoms with Crippen LogP contribution in [0.3, 0.4) is 0 Å². The fraction of sp³-hybridized carbons (Fsp3) is 0.444. The maximum atomic E-state index is 12.6. The summed E-state index contributed by atoms with van der Waals surface area (Å²) in [4.78, 5) is 12.6. The van der Waals surface area contributed by atoms with E-state index in [9.17, 15) is 4.79 Å². The van der Waals surface area contributed by atoms with Crippen molar-refractivity contribution < 1.29 is 4.79 Å². The minimum absolute atomic E-state index is 0.0876. The van der Waals surface area contributed by atoms with E-state index in [1.807, 2.05) is 37.3 Å². The molecule has 4 rings (SSSR count). The van der Waals surface area contributed by atoms with Crippen LogP contribution >= 0.6 is 0 Å². The highest BCUT2D eigenvalue weighted by molar-refractivity contribution is 5.82. The zero-order valence-electron chi connectivity index (χ0n) is 12.8. The van der Waals surface area contributed by atoms with Crippen LogP contribution in [-0.2, 0) is 12.8 Å². The van der Waals surface area contributed by atoms with Gasteiger partial charge in [0.25, 0.3) is 5.91 Å². The molecule has 0 unspecified atom stereocenters. The van der Waals surface area contributed by atoms with E-state index in [0.717, 1.165) is 17.7 Å². The quantitative estimate of drug-likeness (QED) is 0.845. The Labute approximate surface area is 125 Å². The van der Waals surface area contributed by atoms with Crippen molar-refractivity contribution in [3.05, 3.63) is 52.8 Å². The number of carbonyl (C=O) groups is 1. The molecule has 2 aliphatic rings. The van der Waals surface area contributed by atoms with Crippen molar-refractivity contribution in [1.29, 1.82) is 0 Å². The third-order valence-corrected chi connectivity index (χ3v) is 5.42.